The standard InChI is InChI=1S/C19H20ClN3O/c20-18-14-23(13-16-4-2-1-3-5-16)22-12-19(18)24-17-8-6-15(7-9-17)10-11-21/h1-9,12,14,22H,10-11,13,21H2. The van der Waals surface area contributed by atoms with Crippen molar-refractivity contribution in [3.05, 3.63) is 88.9 Å². The molecule has 0 aliphatic carbocycles. The van der Waals surface area contributed by atoms with E-state index in [0.29, 0.717) is 23.9 Å². The van der Waals surface area contributed by atoms with E-state index in [-0.39, 0.29) is 0 Å². The third-order valence-electron chi connectivity index (χ3n) is 3.65. The van der Waals surface area contributed by atoms with Crippen molar-refractivity contribution in [2.24, 2.45) is 5.73 Å². The zero-order valence-corrected chi connectivity index (χ0v) is 14.0. The quantitative estimate of drug-likeness (QED) is 0.844. The molecule has 0 atom stereocenters. The molecule has 0 bridgehead atoms. The highest BCUT2D eigenvalue weighted by Gasteiger charge is 2.14. The van der Waals surface area contributed by atoms with E-state index in [1.54, 1.807) is 6.20 Å². The van der Waals surface area contributed by atoms with Gasteiger partial charge in [0.15, 0.2) is 5.76 Å². The largest absolute Gasteiger partial charge is 0.454 e. The van der Waals surface area contributed by atoms with Crippen LogP contribution in [0, 0.1) is 0 Å². The van der Waals surface area contributed by atoms with E-state index < -0.39 is 0 Å². The lowest BCUT2D eigenvalue weighted by Crippen LogP contribution is -2.32. The fourth-order valence-corrected chi connectivity index (χ4v) is 2.63. The molecule has 2 aromatic carbocycles. The van der Waals surface area contributed by atoms with E-state index in [1.807, 2.05) is 53.7 Å². The van der Waals surface area contributed by atoms with Crippen molar-refractivity contribution >= 4 is 11.6 Å². The molecule has 5 heteroatoms. The number of benzene rings is 2. The van der Waals surface area contributed by atoms with Crippen LogP contribution < -0.4 is 15.9 Å². The van der Waals surface area contributed by atoms with Crippen LogP contribution in [0.4, 0.5) is 0 Å². The smallest absolute Gasteiger partial charge is 0.165 e. The third-order valence-corrected chi connectivity index (χ3v) is 3.93. The van der Waals surface area contributed by atoms with Gasteiger partial charge < -0.3 is 15.9 Å². The van der Waals surface area contributed by atoms with Gasteiger partial charge in [0.25, 0.3) is 0 Å². The first-order chi connectivity index (χ1) is 11.7. The Morgan fingerprint density at radius 1 is 1.00 bits per heavy atom. The van der Waals surface area contributed by atoms with Crippen LogP contribution in [-0.4, -0.2) is 11.6 Å². The van der Waals surface area contributed by atoms with Crippen molar-refractivity contribution in [3.63, 3.8) is 0 Å². The van der Waals surface area contributed by atoms with E-state index in [4.69, 9.17) is 22.1 Å². The van der Waals surface area contributed by atoms with Crippen molar-refractivity contribution in [3.8, 4) is 5.75 Å². The average Bonchev–Trinajstić information content (AvgIpc) is 2.60. The molecule has 1 aliphatic rings. The number of halogens is 1. The molecular weight excluding hydrogens is 322 g/mol. The van der Waals surface area contributed by atoms with Gasteiger partial charge in [-0.3, -0.25) is 5.01 Å². The molecular formula is C19H20ClN3O. The summed E-state index contributed by atoms with van der Waals surface area (Å²) in [6.07, 6.45) is 4.45. The van der Waals surface area contributed by atoms with Gasteiger partial charge in [-0.05, 0) is 36.2 Å². The summed E-state index contributed by atoms with van der Waals surface area (Å²) in [6.45, 7) is 1.36. The monoisotopic (exact) mass is 341 g/mol. The van der Waals surface area contributed by atoms with E-state index >= 15 is 0 Å². The first-order valence-electron chi connectivity index (χ1n) is 7.86. The molecule has 0 fully saturated rings. The van der Waals surface area contributed by atoms with Gasteiger partial charge in [-0.15, -0.1) is 0 Å². The van der Waals surface area contributed by atoms with Crippen molar-refractivity contribution in [2.75, 3.05) is 6.54 Å². The Hall–Kier alpha value is -2.43. The van der Waals surface area contributed by atoms with Crippen molar-refractivity contribution in [1.29, 1.82) is 0 Å². The zero-order valence-electron chi connectivity index (χ0n) is 13.3. The van der Waals surface area contributed by atoms with Gasteiger partial charge in [0.2, 0.25) is 0 Å². The number of rotatable bonds is 6. The Bertz CT molecular complexity index is 726. The van der Waals surface area contributed by atoms with Gasteiger partial charge in [0, 0.05) is 6.20 Å². The Labute approximate surface area is 147 Å². The van der Waals surface area contributed by atoms with Gasteiger partial charge in [0.1, 0.15) is 10.8 Å². The highest BCUT2D eigenvalue weighted by molar-refractivity contribution is 6.31. The van der Waals surface area contributed by atoms with Crippen molar-refractivity contribution in [1.82, 2.24) is 10.4 Å². The number of hydrazine groups is 1. The molecule has 0 saturated heterocycles. The summed E-state index contributed by atoms with van der Waals surface area (Å²) in [7, 11) is 0. The van der Waals surface area contributed by atoms with E-state index in [2.05, 4.69) is 17.6 Å². The van der Waals surface area contributed by atoms with E-state index in [0.717, 1.165) is 12.2 Å². The maximum Gasteiger partial charge on any atom is 0.165 e. The molecule has 0 spiro atoms. The molecule has 4 nitrogen and oxygen atoms in total. The molecule has 124 valence electrons. The van der Waals surface area contributed by atoms with Crippen LogP contribution in [0.3, 0.4) is 0 Å². The predicted octanol–water partition coefficient (Wildman–Crippen LogP) is 3.51. The molecule has 0 amide bonds. The second-order valence-corrected chi connectivity index (χ2v) is 5.92. The fourth-order valence-electron chi connectivity index (χ4n) is 2.42. The summed E-state index contributed by atoms with van der Waals surface area (Å²) < 4.78 is 5.84. The lowest BCUT2D eigenvalue weighted by Gasteiger charge is -2.25. The topological polar surface area (TPSA) is 50.5 Å². The minimum absolute atomic E-state index is 0.552. The minimum atomic E-state index is 0.552. The summed E-state index contributed by atoms with van der Waals surface area (Å²) in [4.78, 5) is 0. The number of nitrogens with one attached hydrogen (secondary N) is 1. The normalized spacial score (nSPS) is 13.8. The maximum atomic E-state index is 6.34. The molecule has 0 unspecified atom stereocenters. The molecule has 24 heavy (non-hydrogen) atoms. The number of nitrogens with two attached hydrogens (primary N) is 1. The second-order valence-electron chi connectivity index (χ2n) is 5.51. The first kappa shape index (κ1) is 16.4. The Balaban J connectivity index is 1.61. The number of allylic oxidation sites excluding steroid dienone is 1. The molecule has 3 N–H and O–H groups in total. The average molecular weight is 342 g/mol. The van der Waals surface area contributed by atoms with Crippen LogP contribution in [0.25, 0.3) is 0 Å². The minimum Gasteiger partial charge on any atom is -0.454 e. The fraction of sp³-hybridized carbons (Fsp3) is 0.158. The zero-order chi connectivity index (χ0) is 16.8. The van der Waals surface area contributed by atoms with E-state index in [1.165, 1.54) is 11.1 Å². The maximum absolute atomic E-state index is 6.34. The highest BCUT2D eigenvalue weighted by Crippen LogP contribution is 2.24. The van der Waals surface area contributed by atoms with Gasteiger partial charge in [-0.25, -0.2) is 0 Å². The molecule has 0 aromatic heterocycles. The van der Waals surface area contributed by atoms with E-state index in [9.17, 15) is 0 Å². The van der Waals surface area contributed by atoms with Crippen LogP contribution >= 0.6 is 11.6 Å². The Morgan fingerprint density at radius 2 is 1.75 bits per heavy atom. The SMILES string of the molecule is NCCc1ccc(OC2=CNN(Cc3ccccc3)C=C2Cl)cc1. The highest BCUT2D eigenvalue weighted by atomic mass is 35.5. The third kappa shape index (κ3) is 4.31. The number of hydrogen-bond acceptors (Lipinski definition) is 4. The molecule has 2 aromatic rings. The van der Waals surface area contributed by atoms with Gasteiger partial charge in [0.05, 0.1) is 12.7 Å². The van der Waals surface area contributed by atoms with Crippen LogP contribution in [0.5, 0.6) is 5.75 Å². The lowest BCUT2D eigenvalue weighted by atomic mass is 10.1. The molecule has 0 saturated carbocycles. The van der Waals surface area contributed by atoms with Crippen LogP contribution in [-0.2, 0) is 13.0 Å². The summed E-state index contributed by atoms with van der Waals surface area (Å²) in [6, 6.07) is 18.0. The lowest BCUT2D eigenvalue weighted by molar-refractivity contribution is 0.287. The summed E-state index contributed by atoms with van der Waals surface area (Å²) in [5.41, 5.74) is 11.1. The first-order valence-corrected chi connectivity index (χ1v) is 8.24. The molecule has 1 aliphatic heterocycles. The number of ether oxygens (including phenoxy) is 1. The second kappa shape index (κ2) is 7.90. The molecule has 0 radical (unpaired) electrons. The Kier molecular flexibility index (Phi) is 5.41. The van der Waals surface area contributed by atoms with Gasteiger partial charge in [-0.2, -0.15) is 0 Å². The van der Waals surface area contributed by atoms with Gasteiger partial charge in [-0.1, -0.05) is 54.1 Å². The summed E-state index contributed by atoms with van der Waals surface area (Å²) in [5.74, 6) is 1.33. The number of nitrogens with zero attached hydrogens (tertiary/aromatic N) is 1. The predicted molar refractivity (Wildman–Crippen MR) is 97.0 cm³/mol. The van der Waals surface area contributed by atoms with Crippen molar-refractivity contribution in [2.45, 2.75) is 13.0 Å². The van der Waals surface area contributed by atoms with Gasteiger partial charge >= 0.3 is 0 Å². The summed E-state index contributed by atoms with van der Waals surface area (Å²) >= 11 is 6.34. The van der Waals surface area contributed by atoms with Crippen molar-refractivity contribution < 1.29 is 4.74 Å². The van der Waals surface area contributed by atoms with Crippen LogP contribution in [0.1, 0.15) is 11.1 Å². The molecule has 3 rings (SSSR count). The number of hydrogen-bond donors (Lipinski definition) is 2. The van der Waals surface area contributed by atoms with Crippen LogP contribution in [0.15, 0.2) is 77.8 Å². The van der Waals surface area contributed by atoms with Crippen LogP contribution in [0.2, 0.25) is 0 Å². The molecule has 1 heterocycles. The summed E-state index contributed by atoms with van der Waals surface area (Å²) in [5, 5.41) is 2.46. The Morgan fingerprint density at radius 3 is 2.42 bits per heavy atom.